The molecule has 0 saturated carbocycles. The molecule has 0 saturated heterocycles. The minimum Gasteiger partial charge on any atom is -0.494 e. The number of anilines is 2. The van der Waals surface area contributed by atoms with Gasteiger partial charge in [0.15, 0.2) is 0 Å². The molecule has 3 aromatic rings. The number of aryl methyl sites for hydroxylation is 1. The number of hydrogen-bond acceptors (Lipinski definition) is 5. The molecule has 1 heterocycles. The van der Waals surface area contributed by atoms with E-state index in [9.17, 15) is 4.79 Å². The van der Waals surface area contributed by atoms with Crippen molar-refractivity contribution in [1.82, 2.24) is 9.97 Å². The summed E-state index contributed by atoms with van der Waals surface area (Å²) in [5.41, 5.74) is 2.97. The first-order valence-corrected chi connectivity index (χ1v) is 9.31. The molecule has 28 heavy (non-hydrogen) atoms. The van der Waals surface area contributed by atoms with Crippen LogP contribution in [-0.2, 0) is 6.42 Å². The Bertz CT molecular complexity index is 912. The molecule has 2 aromatic carbocycles. The number of ether oxygens (including phenoxy) is 1. The molecule has 0 aliphatic rings. The van der Waals surface area contributed by atoms with Crippen molar-refractivity contribution in [3.8, 4) is 5.75 Å². The number of carbonyl (C=O) groups excluding carboxylic acids is 1. The van der Waals surface area contributed by atoms with Crippen molar-refractivity contribution in [3.05, 3.63) is 77.6 Å². The van der Waals surface area contributed by atoms with E-state index in [1.807, 2.05) is 44.2 Å². The smallest absolute Gasteiger partial charge is 0.274 e. The van der Waals surface area contributed by atoms with Gasteiger partial charge in [-0.3, -0.25) is 4.79 Å². The van der Waals surface area contributed by atoms with E-state index >= 15 is 0 Å². The van der Waals surface area contributed by atoms with Crippen molar-refractivity contribution < 1.29 is 9.53 Å². The number of amides is 1. The molecular weight excluding hydrogens is 352 g/mol. The molecule has 1 amide bonds. The van der Waals surface area contributed by atoms with E-state index in [0.29, 0.717) is 30.5 Å². The first kappa shape index (κ1) is 19.4. The summed E-state index contributed by atoms with van der Waals surface area (Å²) in [4.78, 5) is 21.3. The van der Waals surface area contributed by atoms with Crippen molar-refractivity contribution >= 4 is 17.5 Å². The third-order valence-corrected chi connectivity index (χ3v) is 4.05. The summed E-state index contributed by atoms with van der Waals surface area (Å²) < 4.78 is 5.41. The SMILES string of the molecule is CCOc1ccc(NC(=O)c2cc(C)nc(NCCc3ccccc3)n2)cc1. The minimum absolute atomic E-state index is 0.277. The van der Waals surface area contributed by atoms with Gasteiger partial charge in [-0.25, -0.2) is 9.97 Å². The van der Waals surface area contributed by atoms with Crippen LogP contribution in [0.25, 0.3) is 0 Å². The quantitative estimate of drug-likeness (QED) is 0.619. The van der Waals surface area contributed by atoms with Crippen molar-refractivity contribution in [2.24, 2.45) is 0 Å². The fourth-order valence-corrected chi connectivity index (χ4v) is 2.72. The first-order chi connectivity index (χ1) is 13.6. The van der Waals surface area contributed by atoms with Gasteiger partial charge in [0, 0.05) is 17.9 Å². The van der Waals surface area contributed by atoms with Crippen LogP contribution >= 0.6 is 0 Å². The van der Waals surface area contributed by atoms with Gasteiger partial charge in [0.05, 0.1) is 6.61 Å². The summed E-state index contributed by atoms with van der Waals surface area (Å²) in [5.74, 6) is 0.942. The second kappa shape index (κ2) is 9.50. The number of rotatable bonds is 8. The first-order valence-electron chi connectivity index (χ1n) is 9.31. The van der Waals surface area contributed by atoms with Crippen molar-refractivity contribution in [3.63, 3.8) is 0 Å². The van der Waals surface area contributed by atoms with Gasteiger partial charge in [-0.1, -0.05) is 30.3 Å². The van der Waals surface area contributed by atoms with Crippen LogP contribution in [0.4, 0.5) is 11.6 Å². The Hall–Kier alpha value is -3.41. The van der Waals surface area contributed by atoms with Gasteiger partial charge in [-0.15, -0.1) is 0 Å². The van der Waals surface area contributed by atoms with E-state index in [0.717, 1.165) is 17.9 Å². The Morgan fingerprint density at radius 1 is 1.04 bits per heavy atom. The molecule has 1 aromatic heterocycles. The molecule has 2 N–H and O–H groups in total. The highest BCUT2D eigenvalue weighted by Gasteiger charge is 2.11. The van der Waals surface area contributed by atoms with Crippen molar-refractivity contribution in [1.29, 1.82) is 0 Å². The zero-order chi connectivity index (χ0) is 19.8. The minimum atomic E-state index is -0.277. The zero-order valence-electron chi connectivity index (χ0n) is 16.1. The van der Waals surface area contributed by atoms with Gasteiger partial charge < -0.3 is 15.4 Å². The fraction of sp³-hybridized carbons (Fsp3) is 0.227. The summed E-state index contributed by atoms with van der Waals surface area (Å²) in [6.45, 7) is 5.07. The summed E-state index contributed by atoms with van der Waals surface area (Å²) in [5, 5.41) is 6.05. The largest absolute Gasteiger partial charge is 0.494 e. The lowest BCUT2D eigenvalue weighted by Crippen LogP contribution is -2.16. The van der Waals surface area contributed by atoms with E-state index in [1.165, 1.54) is 5.56 Å². The van der Waals surface area contributed by atoms with E-state index in [4.69, 9.17) is 4.74 Å². The van der Waals surface area contributed by atoms with E-state index < -0.39 is 0 Å². The maximum absolute atomic E-state index is 12.6. The molecule has 0 aliphatic heterocycles. The van der Waals surface area contributed by atoms with Crippen LogP contribution in [0.2, 0.25) is 0 Å². The molecular formula is C22H24N4O2. The monoisotopic (exact) mass is 376 g/mol. The van der Waals surface area contributed by atoms with Crippen LogP contribution in [0.3, 0.4) is 0 Å². The van der Waals surface area contributed by atoms with E-state index in [-0.39, 0.29) is 5.91 Å². The molecule has 0 aliphatic carbocycles. The molecule has 0 spiro atoms. The Balaban J connectivity index is 1.62. The summed E-state index contributed by atoms with van der Waals surface area (Å²) in [7, 11) is 0. The third kappa shape index (κ3) is 5.54. The molecule has 144 valence electrons. The van der Waals surface area contributed by atoms with Crippen LogP contribution < -0.4 is 15.4 Å². The molecule has 0 fully saturated rings. The number of benzene rings is 2. The summed E-state index contributed by atoms with van der Waals surface area (Å²) >= 11 is 0. The van der Waals surface area contributed by atoms with Crippen LogP contribution in [-0.4, -0.2) is 29.0 Å². The molecule has 6 heteroatoms. The maximum atomic E-state index is 12.6. The molecule has 3 rings (SSSR count). The normalized spacial score (nSPS) is 10.4. The highest BCUT2D eigenvalue weighted by molar-refractivity contribution is 6.03. The Kier molecular flexibility index (Phi) is 6.57. The highest BCUT2D eigenvalue weighted by atomic mass is 16.5. The van der Waals surface area contributed by atoms with E-state index in [2.05, 4.69) is 32.7 Å². The number of hydrogen-bond donors (Lipinski definition) is 2. The maximum Gasteiger partial charge on any atom is 0.274 e. The number of carbonyl (C=O) groups is 1. The Labute approximate surface area is 165 Å². The predicted octanol–water partition coefficient (Wildman–Crippen LogP) is 4.09. The van der Waals surface area contributed by atoms with Crippen molar-refractivity contribution in [2.45, 2.75) is 20.3 Å². The molecule has 0 unspecified atom stereocenters. The van der Waals surface area contributed by atoms with Crippen LogP contribution in [0.5, 0.6) is 5.75 Å². The fourth-order valence-electron chi connectivity index (χ4n) is 2.72. The molecule has 0 radical (unpaired) electrons. The van der Waals surface area contributed by atoms with E-state index in [1.54, 1.807) is 18.2 Å². The number of nitrogens with zero attached hydrogens (tertiary/aromatic N) is 2. The third-order valence-electron chi connectivity index (χ3n) is 4.05. The molecule has 6 nitrogen and oxygen atoms in total. The Morgan fingerprint density at radius 2 is 1.79 bits per heavy atom. The van der Waals surface area contributed by atoms with Gasteiger partial charge in [0.1, 0.15) is 11.4 Å². The topological polar surface area (TPSA) is 76.1 Å². The zero-order valence-corrected chi connectivity index (χ0v) is 16.1. The predicted molar refractivity (Wildman–Crippen MR) is 111 cm³/mol. The van der Waals surface area contributed by atoms with Crippen LogP contribution in [0.1, 0.15) is 28.7 Å². The van der Waals surface area contributed by atoms with Crippen LogP contribution in [0, 0.1) is 6.92 Å². The van der Waals surface area contributed by atoms with Gasteiger partial charge in [0.2, 0.25) is 5.95 Å². The number of aromatic nitrogens is 2. The Morgan fingerprint density at radius 3 is 2.50 bits per heavy atom. The summed E-state index contributed by atoms with van der Waals surface area (Å²) in [6.07, 6.45) is 0.853. The van der Waals surface area contributed by atoms with Gasteiger partial charge >= 0.3 is 0 Å². The van der Waals surface area contributed by atoms with Gasteiger partial charge in [0.25, 0.3) is 5.91 Å². The average Bonchev–Trinajstić information content (AvgIpc) is 2.70. The standard InChI is InChI=1S/C22H24N4O2/c1-3-28-19-11-9-18(10-12-19)25-21(27)20-15-16(2)24-22(26-20)23-14-13-17-7-5-4-6-8-17/h4-12,15H,3,13-14H2,1-2H3,(H,25,27)(H,23,24,26). The molecule has 0 atom stereocenters. The average molecular weight is 376 g/mol. The lowest BCUT2D eigenvalue weighted by molar-refractivity contribution is 0.102. The lowest BCUT2D eigenvalue weighted by Gasteiger charge is -2.09. The van der Waals surface area contributed by atoms with Gasteiger partial charge in [-0.05, 0) is 56.2 Å². The van der Waals surface area contributed by atoms with Gasteiger partial charge in [-0.2, -0.15) is 0 Å². The van der Waals surface area contributed by atoms with Crippen LogP contribution in [0.15, 0.2) is 60.7 Å². The second-order valence-corrected chi connectivity index (χ2v) is 6.29. The second-order valence-electron chi connectivity index (χ2n) is 6.29. The summed E-state index contributed by atoms with van der Waals surface area (Å²) in [6, 6.07) is 19.1. The highest BCUT2D eigenvalue weighted by Crippen LogP contribution is 2.16. The number of nitrogens with one attached hydrogen (secondary N) is 2. The van der Waals surface area contributed by atoms with Crippen molar-refractivity contribution in [2.75, 3.05) is 23.8 Å². The lowest BCUT2D eigenvalue weighted by atomic mass is 10.1. The molecule has 0 bridgehead atoms.